The largest absolute Gasteiger partial charge is 0.489 e. The van der Waals surface area contributed by atoms with Gasteiger partial charge in [0.05, 0.1) is 11.5 Å². The minimum absolute atomic E-state index is 0.0859. The summed E-state index contributed by atoms with van der Waals surface area (Å²) >= 11 is 0. The van der Waals surface area contributed by atoms with Crippen LogP contribution in [-0.2, 0) is 26.0 Å². The van der Waals surface area contributed by atoms with E-state index in [1.54, 1.807) is 11.0 Å². The number of likely N-dealkylation sites (tertiary alicyclic amines) is 1. The predicted molar refractivity (Wildman–Crippen MR) is 136 cm³/mol. The molecule has 0 radical (unpaired) electrons. The quantitative estimate of drug-likeness (QED) is 0.580. The van der Waals surface area contributed by atoms with Gasteiger partial charge in [-0.1, -0.05) is 6.42 Å². The highest BCUT2D eigenvalue weighted by molar-refractivity contribution is 7.91. The van der Waals surface area contributed by atoms with Crippen LogP contribution < -0.4 is 10.1 Å². The van der Waals surface area contributed by atoms with Crippen molar-refractivity contribution >= 4 is 27.6 Å². The van der Waals surface area contributed by atoms with Gasteiger partial charge < -0.3 is 9.64 Å². The summed E-state index contributed by atoms with van der Waals surface area (Å²) in [5, 5.41) is 2.35. The number of rotatable bonds is 5. The summed E-state index contributed by atoms with van der Waals surface area (Å²) in [5.74, 6) is 1.67. The molecule has 1 N–H and O–H groups in total. The Morgan fingerprint density at radius 3 is 2.43 bits per heavy atom. The number of nitrogens with one attached hydrogen (secondary N) is 1. The number of carbonyl (C=O) groups is 3. The number of ether oxygens (including phenoxy) is 1. The Kier molecular flexibility index (Phi) is 6.51. The molecule has 10 heteroatoms. The number of carbonyl (C=O) groups excluding carboxylic acids is 3. The molecule has 1 aromatic rings. The fraction of sp³-hybridized carbons (Fsp3) is 0.667. The van der Waals surface area contributed by atoms with Gasteiger partial charge in [0, 0.05) is 37.7 Å². The van der Waals surface area contributed by atoms with E-state index in [2.05, 4.69) is 10.2 Å². The lowest BCUT2D eigenvalue weighted by Crippen LogP contribution is -2.59. The molecule has 9 nitrogen and oxygen atoms in total. The first-order valence-corrected chi connectivity index (χ1v) is 15.5. The Labute approximate surface area is 217 Å². The summed E-state index contributed by atoms with van der Waals surface area (Å²) in [7, 11) is -2.82. The molecule has 3 amide bonds. The average Bonchev–Trinajstić information content (AvgIpc) is 3.15. The van der Waals surface area contributed by atoms with Crippen LogP contribution in [0.1, 0.15) is 67.3 Å². The van der Waals surface area contributed by atoms with E-state index in [-0.39, 0.29) is 24.3 Å². The molecule has 1 unspecified atom stereocenters. The zero-order chi connectivity index (χ0) is 25.7. The molecule has 1 saturated carbocycles. The first-order chi connectivity index (χ1) is 17.8. The summed E-state index contributed by atoms with van der Waals surface area (Å²) in [6, 6.07) is 5.33. The zero-order valence-electron chi connectivity index (χ0n) is 21.1. The number of hydrogen-bond donors (Lipinski definition) is 1. The van der Waals surface area contributed by atoms with Crippen LogP contribution in [0, 0.1) is 11.8 Å². The Bertz CT molecular complexity index is 1200. The number of imide groups is 1. The molecule has 4 aliphatic heterocycles. The number of sulfone groups is 1. The maximum absolute atomic E-state index is 13.0. The third-order valence-electron chi connectivity index (χ3n) is 9.12. The van der Waals surface area contributed by atoms with Gasteiger partial charge in [-0.05, 0) is 74.1 Å². The molecule has 0 aromatic heterocycles. The molecule has 1 aromatic carbocycles. The summed E-state index contributed by atoms with van der Waals surface area (Å²) < 4.78 is 30.1. The second-order valence-electron chi connectivity index (χ2n) is 11.4. The van der Waals surface area contributed by atoms with Crippen LogP contribution in [0.3, 0.4) is 0 Å². The van der Waals surface area contributed by atoms with Gasteiger partial charge >= 0.3 is 0 Å². The molecule has 0 spiro atoms. The minimum Gasteiger partial charge on any atom is -0.489 e. The number of amides is 3. The van der Waals surface area contributed by atoms with Crippen molar-refractivity contribution in [3.63, 3.8) is 0 Å². The van der Waals surface area contributed by atoms with Gasteiger partial charge in [0.2, 0.25) is 11.8 Å². The molecular formula is C27H35N3O6S. The Hall–Kier alpha value is -2.46. The zero-order valence-corrected chi connectivity index (χ0v) is 21.9. The molecule has 37 heavy (non-hydrogen) atoms. The molecule has 3 saturated heterocycles. The topological polar surface area (TPSA) is 113 Å². The van der Waals surface area contributed by atoms with Gasteiger partial charge in [0.15, 0.2) is 0 Å². The van der Waals surface area contributed by atoms with Gasteiger partial charge in [0.25, 0.3) is 5.91 Å². The van der Waals surface area contributed by atoms with E-state index < -0.39 is 21.8 Å². The van der Waals surface area contributed by atoms with Crippen LogP contribution in [0.4, 0.5) is 0 Å². The minimum atomic E-state index is -2.82. The summed E-state index contributed by atoms with van der Waals surface area (Å²) in [5.41, 5.74) is 1.45. The highest BCUT2D eigenvalue weighted by atomic mass is 32.2. The number of piperidine rings is 1. The lowest BCUT2D eigenvalue weighted by Gasteiger charge is -2.51. The fourth-order valence-corrected chi connectivity index (χ4v) is 8.46. The van der Waals surface area contributed by atoms with Gasteiger partial charge in [-0.3, -0.25) is 24.6 Å². The van der Waals surface area contributed by atoms with Gasteiger partial charge in [-0.15, -0.1) is 0 Å². The van der Waals surface area contributed by atoms with Crippen LogP contribution in [0.15, 0.2) is 18.2 Å². The highest BCUT2D eigenvalue weighted by Gasteiger charge is 2.43. The molecule has 200 valence electrons. The van der Waals surface area contributed by atoms with Crippen LogP contribution in [-0.4, -0.2) is 78.7 Å². The molecule has 4 fully saturated rings. The molecule has 0 bridgehead atoms. The van der Waals surface area contributed by atoms with E-state index in [9.17, 15) is 22.8 Å². The number of benzene rings is 1. The van der Waals surface area contributed by atoms with Crippen LogP contribution in [0.2, 0.25) is 0 Å². The second-order valence-corrected chi connectivity index (χ2v) is 13.7. The van der Waals surface area contributed by atoms with Crippen molar-refractivity contribution in [2.45, 2.75) is 76.1 Å². The van der Waals surface area contributed by atoms with E-state index >= 15 is 0 Å². The normalized spacial score (nSPS) is 31.1. The standard InChI is InChI=1S/C27H35N3O6S/c31-25-8-7-23(26(32)28-25)30-16-18-13-20(5-6-21(18)27(30)33)36-24-4-2-1-3-22(24)29-14-19(15-29)17-9-11-37(34,35)12-10-17/h5-6,13,17,19,22-24H,1-4,7-12,14-16H2,(H,28,31,32)/t22-,23?,24+/m1/s1. The molecular weight excluding hydrogens is 494 g/mol. The monoisotopic (exact) mass is 529 g/mol. The van der Waals surface area contributed by atoms with E-state index in [0.29, 0.717) is 47.9 Å². The molecule has 4 heterocycles. The van der Waals surface area contributed by atoms with Crippen LogP contribution >= 0.6 is 0 Å². The lowest BCUT2D eigenvalue weighted by atomic mass is 9.79. The number of fused-ring (bicyclic) bond motifs is 1. The summed E-state index contributed by atoms with van der Waals surface area (Å²) in [6.07, 6.45) is 6.69. The van der Waals surface area contributed by atoms with Gasteiger partial charge in [0.1, 0.15) is 27.7 Å². The van der Waals surface area contributed by atoms with Crippen molar-refractivity contribution in [1.82, 2.24) is 15.1 Å². The van der Waals surface area contributed by atoms with Crippen molar-refractivity contribution < 1.29 is 27.5 Å². The molecule has 3 atom stereocenters. The van der Waals surface area contributed by atoms with Gasteiger partial charge in [-0.25, -0.2) is 8.42 Å². The van der Waals surface area contributed by atoms with Crippen LogP contribution in [0.25, 0.3) is 0 Å². The van der Waals surface area contributed by atoms with Crippen molar-refractivity contribution in [3.05, 3.63) is 29.3 Å². The van der Waals surface area contributed by atoms with Crippen molar-refractivity contribution in [2.75, 3.05) is 24.6 Å². The smallest absolute Gasteiger partial charge is 0.255 e. The van der Waals surface area contributed by atoms with Crippen molar-refractivity contribution in [2.24, 2.45) is 11.8 Å². The maximum Gasteiger partial charge on any atom is 0.255 e. The SMILES string of the molecule is O=C1CCC(N2Cc3cc(O[C@H]4CCCC[C@H]4N4CC(C5CCS(=O)(=O)CC5)C4)ccc3C2=O)C(=O)N1. The third kappa shape index (κ3) is 4.90. The summed E-state index contributed by atoms with van der Waals surface area (Å²) in [6.45, 7) is 2.39. The summed E-state index contributed by atoms with van der Waals surface area (Å²) in [4.78, 5) is 40.9. The third-order valence-corrected chi connectivity index (χ3v) is 10.8. The Morgan fingerprint density at radius 2 is 1.68 bits per heavy atom. The van der Waals surface area contributed by atoms with Crippen LogP contribution in [0.5, 0.6) is 5.75 Å². The molecule has 1 aliphatic carbocycles. The first kappa shape index (κ1) is 24.9. The number of nitrogens with zero attached hydrogens (tertiary/aromatic N) is 2. The van der Waals surface area contributed by atoms with Crippen molar-refractivity contribution in [1.29, 1.82) is 0 Å². The van der Waals surface area contributed by atoms with Crippen molar-refractivity contribution in [3.8, 4) is 5.75 Å². The highest BCUT2D eigenvalue weighted by Crippen LogP contribution is 2.38. The maximum atomic E-state index is 13.0. The Morgan fingerprint density at radius 1 is 0.919 bits per heavy atom. The van der Waals surface area contributed by atoms with E-state index in [1.807, 2.05) is 12.1 Å². The predicted octanol–water partition coefficient (Wildman–Crippen LogP) is 1.89. The van der Waals surface area contributed by atoms with E-state index in [4.69, 9.17) is 4.74 Å². The lowest BCUT2D eigenvalue weighted by molar-refractivity contribution is -0.136. The van der Waals surface area contributed by atoms with E-state index in [0.717, 1.165) is 56.5 Å². The molecule has 5 aliphatic rings. The number of hydrogen-bond acceptors (Lipinski definition) is 7. The molecule has 6 rings (SSSR count). The van der Waals surface area contributed by atoms with E-state index in [1.165, 1.54) is 6.42 Å². The fourth-order valence-electron chi connectivity index (χ4n) is 6.93. The average molecular weight is 530 g/mol. The first-order valence-electron chi connectivity index (χ1n) is 13.7. The van der Waals surface area contributed by atoms with Gasteiger partial charge in [-0.2, -0.15) is 0 Å². The second kappa shape index (κ2) is 9.69. The Balaban J connectivity index is 1.08.